The molecule has 0 heterocycles. The summed E-state index contributed by atoms with van der Waals surface area (Å²) >= 11 is 4.24. The van der Waals surface area contributed by atoms with E-state index in [9.17, 15) is 14.9 Å². The Labute approximate surface area is 139 Å². The van der Waals surface area contributed by atoms with Gasteiger partial charge in [-0.2, -0.15) is 0 Å². The zero-order chi connectivity index (χ0) is 17.0. The number of nitro groups is 1. The molecule has 0 unspecified atom stereocenters. The van der Waals surface area contributed by atoms with Crippen molar-refractivity contribution in [3.8, 4) is 5.75 Å². The lowest BCUT2D eigenvalue weighted by Crippen LogP contribution is -2.21. The van der Waals surface area contributed by atoms with Crippen LogP contribution in [0.3, 0.4) is 0 Å². The number of hydrogen-bond acceptors (Lipinski definition) is 5. The van der Waals surface area contributed by atoms with Crippen LogP contribution in [0.5, 0.6) is 5.75 Å². The first-order valence-corrected chi connectivity index (χ1v) is 7.29. The number of aryl methyl sites for hydroxylation is 2. The second-order valence-corrected chi connectivity index (χ2v) is 5.52. The number of thiol groups is 1. The van der Waals surface area contributed by atoms with Gasteiger partial charge in [0.1, 0.15) is 0 Å². The van der Waals surface area contributed by atoms with Gasteiger partial charge in [0, 0.05) is 11.0 Å². The molecule has 0 spiro atoms. The molecule has 1 amide bonds. The van der Waals surface area contributed by atoms with Crippen molar-refractivity contribution < 1.29 is 14.5 Å². The van der Waals surface area contributed by atoms with Crippen molar-refractivity contribution >= 4 is 29.9 Å². The van der Waals surface area contributed by atoms with Gasteiger partial charge in [-0.1, -0.05) is 18.2 Å². The second kappa shape index (κ2) is 7.15. The number of carbonyl (C=O) groups is 1. The Hall–Kier alpha value is -2.54. The molecule has 23 heavy (non-hydrogen) atoms. The van der Waals surface area contributed by atoms with Crippen LogP contribution < -0.4 is 10.1 Å². The summed E-state index contributed by atoms with van der Waals surface area (Å²) < 4.78 is 5.38. The number of nitrogens with one attached hydrogen (secondary N) is 1. The van der Waals surface area contributed by atoms with E-state index in [4.69, 9.17) is 4.74 Å². The molecule has 0 aromatic heterocycles. The lowest BCUT2D eigenvalue weighted by Gasteiger charge is -2.11. The quantitative estimate of drug-likeness (QED) is 0.499. The highest BCUT2D eigenvalue weighted by molar-refractivity contribution is 7.80. The predicted octanol–water partition coefficient (Wildman–Crippen LogP) is 3.52. The van der Waals surface area contributed by atoms with Gasteiger partial charge in [0.2, 0.25) is 5.75 Å². The first-order chi connectivity index (χ1) is 10.9. The Morgan fingerprint density at radius 3 is 2.65 bits per heavy atom. The van der Waals surface area contributed by atoms with Crippen LogP contribution in [0.2, 0.25) is 0 Å². The van der Waals surface area contributed by atoms with E-state index < -0.39 is 10.8 Å². The number of hydrogen-bond donors (Lipinski definition) is 2. The topological polar surface area (TPSA) is 81.5 Å². The summed E-state index contributed by atoms with van der Waals surface area (Å²) in [7, 11) is 0. The molecule has 0 saturated carbocycles. The highest BCUT2D eigenvalue weighted by Gasteiger charge is 2.19. The largest absolute Gasteiger partial charge is 0.477 e. The minimum absolute atomic E-state index is 0.106. The van der Waals surface area contributed by atoms with E-state index in [1.807, 2.05) is 0 Å². The van der Waals surface area contributed by atoms with E-state index in [2.05, 4.69) is 17.9 Å². The zero-order valence-electron chi connectivity index (χ0n) is 12.7. The molecule has 120 valence electrons. The van der Waals surface area contributed by atoms with E-state index in [-0.39, 0.29) is 18.0 Å². The summed E-state index contributed by atoms with van der Waals surface area (Å²) in [5.74, 6) is -0.310. The number of anilines is 1. The first-order valence-electron chi connectivity index (χ1n) is 6.84. The van der Waals surface area contributed by atoms with Crippen LogP contribution in [-0.4, -0.2) is 17.4 Å². The maximum Gasteiger partial charge on any atom is 0.311 e. The highest BCUT2D eigenvalue weighted by atomic mass is 32.1. The maximum atomic E-state index is 12.0. The first kappa shape index (κ1) is 16.8. The Morgan fingerprint density at radius 2 is 2.00 bits per heavy atom. The summed E-state index contributed by atoms with van der Waals surface area (Å²) in [5, 5.41) is 13.8. The Balaban J connectivity index is 2.10. The molecule has 0 atom stereocenters. The number of nitro benzene ring substituents is 1. The molecule has 0 aliphatic carbocycles. The molecule has 0 aliphatic rings. The third-order valence-electron chi connectivity index (χ3n) is 3.12. The molecule has 0 aliphatic heterocycles. The van der Waals surface area contributed by atoms with E-state index in [1.165, 1.54) is 6.07 Å². The molecule has 2 aromatic rings. The van der Waals surface area contributed by atoms with Gasteiger partial charge in [-0.15, -0.1) is 12.6 Å². The van der Waals surface area contributed by atoms with Crippen molar-refractivity contribution in [3.63, 3.8) is 0 Å². The fraction of sp³-hybridized carbons (Fsp3) is 0.188. The number of para-hydroxylation sites is 1. The average Bonchev–Trinajstić information content (AvgIpc) is 2.48. The second-order valence-electron chi connectivity index (χ2n) is 5.04. The predicted molar refractivity (Wildman–Crippen MR) is 90.4 cm³/mol. The van der Waals surface area contributed by atoms with E-state index >= 15 is 0 Å². The summed E-state index contributed by atoms with van der Waals surface area (Å²) in [6.45, 7) is 3.14. The van der Waals surface area contributed by atoms with Crippen molar-refractivity contribution in [2.45, 2.75) is 18.7 Å². The summed E-state index contributed by atoms with van der Waals surface area (Å²) in [5.41, 5.74) is 1.78. The van der Waals surface area contributed by atoms with Crippen molar-refractivity contribution in [2.24, 2.45) is 0 Å². The molecule has 1 N–H and O–H groups in total. The maximum absolute atomic E-state index is 12.0. The highest BCUT2D eigenvalue weighted by Crippen LogP contribution is 2.32. The summed E-state index contributed by atoms with van der Waals surface area (Å²) in [6, 6.07) is 10.2. The van der Waals surface area contributed by atoms with Gasteiger partial charge < -0.3 is 10.1 Å². The molecule has 0 bridgehead atoms. The molecule has 7 heteroatoms. The van der Waals surface area contributed by atoms with Gasteiger partial charge in [-0.25, -0.2) is 0 Å². The lowest BCUT2D eigenvalue weighted by molar-refractivity contribution is -0.385. The van der Waals surface area contributed by atoms with Crippen molar-refractivity contribution in [3.05, 3.63) is 57.6 Å². The SMILES string of the molecule is Cc1cc(C)c(OCC(=O)Nc2ccccc2S)c([N+](=O)[O-])c1. The third kappa shape index (κ3) is 4.23. The number of carbonyl (C=O) groups excluding carboxylic acids is 1. The summed E-state index contributed by atoms with van der Waals surface area (Å²) in [4.78, 5) is 23.2. The number of amides is 1. The van der Waals surface area contributed by atoms with Crippen LogP contribution in [0.25, 0.3) is 0 Å². The van der Waals surface area contributed by atoms with Gasteiger partial charge in [0.15, 0.2) is 6.61 Å². The monoisotopic (exact) mass is 332 g/mol. The Kier molecular flexibility index (Phi) is 5.23. The zero-order valence-corrected chi connectivity index (χ0v) is 13.6. The number of rotatable bonds is 5. The molecule has 2 aromatic carbocycles. The fourth-order valence-electron chi connectivity index (χ4n) is 2.16. The van der Waals surface area contributed by atoms with Crippen LogP contribution in [0, 0.1) is 24.0 Å². The van der Waals surface area contributed by atoms with Gasteiger partial charge in [0.25, 0.3) is 5.91 Å². The van der Waals surface area contributed by atoms with Crippen molar-refractivity contribution in [2.75, 3.05) is 11.9 Å². The van der Waals surface area contributed by atoms with E-state index in [1.54, 1.807) is 44.2 Å². The summed E-state index contributed by atoms with van der Waals surface area (Å²) in [6.07, 6.45) is 0. The Morgan fingerprint density at radius 1 is 1.30 bits per heavy atom. The number of nitrogens with zero attached hydrogens (tertiary/aromatic N) is 1. The fourth-order valence-corrected chi connectivity index (χ4v) is 2.38. The number of ether oxygens (including phenoxy) is 1. The minimum Gasteiger partial charge on any atom is -0.477 e. The van der Waals surface area contributed by atoms with Crippen LogP contribution in [0.4, 0.5) is 11.4 Å². The molecule has 0 saturated heterocycles. The van der Waals surface area contributed by atoms with Gasteiger partial charge in [-0.3, -0.25) is 14.9 Å². The molecular weight excluding hydrogens is 316 g/mol. The van der Waals surface area contributed by atoms with Gasteiger partial charge >= 0.3 is 5.69 Å². The van der Waals surface area contributed by atoms with Crippen LogP contribution in [-0.2, 0) is 4.79 Å². The smallest absolute Gasteiger partial charge is 0.311 e. The van der Waals surface area contributed by atoms with Crippen molar-refractivity contribution in [1.82, 2.24) is 0 Å². The molecule has 0 radical (unpaired) electrons. The normalized spacial score (nSPS) is 10.2. The van der Waals surface area contributed by atoms with Gasteiger partial charge in [-0.05, 0) is 37.1 Å². The van der Waals surface area contributed by atoms with Gasteiger partial charge in [0.05, 0.1) is 10.6 Å². The molecule has 2 rings (SSSR count). The van der Waals surface area contributed by atoms with E-state index in [0.29, 0.717) is 16.1 Å². The van der Waals surface area contributed by atoms with Crippen LogP contribution in [0.15, 0.2) is 41.3 Å². The molecule has 0 fully saturated rings. The van der Waals surface area contributed by atoms with Crippen LogP contribution in [0.1, 0.15) is 11.1 Å². The lowest BCUT2D eigenvalue weighted by atomic mass is 10.1. The van der Waals surface area contributed by atoms with Crippen molar-refractivity contribution in [1.29, 1.82) is 0 Å². The molecule has 6 nitrogen and oxygen atoms in total. The minimum atomic E-state index is -0.518. The third-order valence-corrected chi connectivity index (χ3v) is 3.51. The number of benzene rings is 2. The Bertz CT molecular complexity index is 762. The standard InChI is InChI=1S/C16H16N2O4S/c1-10-7-11(2)16(13(8-10)18(20)21)22-9-15(19)17-12-5-3-4-6-14(12)23/h3-8,23H,9H2,1-2H3,(H,17,19). The van der Waals surface area contributed by atoms with E-state index in [0.717, 1.165) is 5.56 Å². The average molecular weight is 332 g/mol. The van der Waals surface area contributed by atoms with Crippen LogP contribution >= 0.6 is 12.6 Å². The molecular formula is C16H16N2O4S.